The van der Waals surface area contributed by atoms with Gasteiger partial charge in [-0.05, 0) is 50.0 Å². The third kappa shape index (κ3) is 4.38. The second kappa shape index (κ2) is 7.55. The minimum atomic E-state index is -3.81. The van der Waals surface area contributed by atoms with Crippen LogP contribution in [0.3, 0.4) is 0 Å². The highest BCUT2D eigenvalue weighted by atomic mass is 32.2. The summed E-state index contributed by atoms with van der Waals surface area (Å²) in [4.78, 5) is 19.7. The van der Waals surface area contributed by atoms with Gasteiger partial charge in [-0.15, -0.1) is 0 Å². The monoisotopic (exact) mass is 390 g/mol. The van der Waals surface area contributed by atoms with Crippen LogP contribution in [0.2, 0.25) is 0 Å². The Labute approximate surface area is 155 Å². The molecule has 1 aromatic heterocycles. The fourth-order valence-electron chi connectivity index (χ4n) is 2.77. The van der Waals surface area contributed by atoms with E-state index in [9.17, 15) is 17.6 Å². The fraction of sp³-hybridized carbons (Fsp3) is 0.222. The Morgan fingerprint density at radius 3 is 2.70 bits per heavy atom. The molecule has 2 aromatic carbocycles. The summed E-state index contributed by atoms with van der Waals surface area (Å²) >= 11 is 0. The van der Waals surface area contributed by atoms with Gasteiger partial charge in [0.15, 0.2) is 0 Å². The maximum atomic E-state index is 13.5. The molecule has 0 aliphatic heterocycles. The lowest BCUT2D eigenvalue weighted by Crippen LogP contribution is -2.34. The van der Waals surface area contributed by atoms with E-state index in [1.165, 1.54) is 30.3 Å². The van der Waals surface area contributed by atoms with Crippen molar-refractivity contribution in [3.05, 3.63) is 70.4 Å². The van der Waals surface area contributed by atoms with Crippen molar-refractivity contribution in [2.75, 3.05) is 20.6 Å². The van der Waals surface area contributed by atoms with Crippen LogP contribution in [0.1, 0.15) is 11.6 Å². The lowest BCUT2D eigenvalue weighted by molar-refractivity contribution is 0.299. The number of hydrogen-bond donors (Lipinski definition) is 2. The molecule has 0 radical (unpaired) electrons. The summed E-state index contributed by atoms with van der Waals surface area (Å²) in [6.45, 7) is 0.0654. The zero-order valence-electron chi connectivity index (χ0n) is 14.8. The number of hydrogen-bond acceptors (Lipinski definition) is 5. The van der Waals surface area contributed by atoms with Crippen LogP contribution in [0.4, 0.5) is 4.39 Å². The van der Waals surface area contributed by atoms with Gasteiger partial charge < -0.3 is 9.88 Å². The Bertz CT molecular complexity index is 1130. The zero-order chi connectivity index (χ0) is 19.6. The summed E-state index contributed by atoms with van der Waals surface area (Å²) in [5.41, 5.74) is 1.12. The molecule has 1 atom stereocenters. The van der Waals surface area contributed by atoms with E-state index in [1.54, 1.807) is 26.2 Å². The molecule has 2 N–H and O–H groups in total. The summed E-state index contributed by atoms with van der Waals surface area (Å²) in [7, 11) is -0.227. The number of likely N-dealkylation sites (N-methyl/N-ethyl adjacent to an activating group) is 1. The van der Waals surface area contributed by atoms with Gasteiger partial charge in [0.1, 0.15) is 5.82 Å². The summed E-state index contributed by atoms with van der Waals surface area (Å²) in [6, 6.07) is 10.0. The standard InChI is InChI=1S/C18H19FN4O3S/c1-23(2)17(12-4-3-5-13(19)8-12)10-21-27(25,26)14-6-7-15-16(9-14)20-11-18(24)22-15/h3-9,11,17,21H,10H2,1-2H3,(H,22,24). The highest BCUT2D eigenvalue weighted by molar-refractivity contribution is 7.89. The third-order valence-electron chi connectivity index (χ3n) is 4.18. The third-order valence-corrected chi connectivity index (χ3v) is 5.60. The molecule has 0 fully saturated rings. The van der Waals surface area contributed by atoms with Gasteiger partial charge in [-0.1, -0.05) is 12.1 Å². The molecule has 0 aliphatic carbocycles. The Morgan fingerprint density at radius 1 is 1.22 bits per heavy atom. The molecule has 0 aliphatic rings. The van der Waals surface area contributed by atoms with E-state index in [1.807, 2.05) is 4.90 Å². The van der Waals surface area contributed by atoms with Crippen LogP contribution >= 0.6 is 0 Å². The van der Waals surface area contributed by atoms with E-state index >= 15 is 0 Å². The fourth-order valence-corrected chi connectivity index (χ4v) is 3.83. The van der Waals surface area contributed by atoms with Gasteiger partial charge in [-0.3, -0.25) is 4.79 Å². The number of H-pyrrole nitrogens is 1. The SMILES string of the molecule is CN(C)C(CNS(=O)(=O)c1ccc2[nH]c(=O)cnc2c1)c1cccc(F)c1. The van der Waals surface area contributed by atoms with Crippen LogP contribution in [-0.2, 0) is 10.0 Å². The highest BCUT2D eigenvalue weighted by Crippen LogP contribution is 2.20. The molecule has 1 unspecified atom stereocenters. The average Bonchev–Trinajstić information content (AvgIpc) is 2.61. The van der Waals surface area contributed by atoms with E-state index in [2.05, 4.69) is 14.7 Å². The number of aromatic amines is 1. The lowest BCUT2D eigenvalue weighted by Gasteiger charge is -2.25. The van der Waals surface area contributed by atoms with Gasteiger partial charge in [0.2, 0.25) is 10.0 Å². The van der Waals surface area contributed by atoms with Crippen LogP contribution in [0.5, 0.6) is 0 Å². The molecule has 0 saturated heterocycles. The predicted octanol–water partition coefficient (Wildman–Crippen LogP) is 1.64. The van der Waals surface area contributed by atoms with Crippen molar-refractivity contribution in [3.8, 4) is 0 Å². The lowest BCUT2D eigenvalue weighted by atomic mass is 10.1. The maximum absolute atomic E-state index is 13.5. The quantitative estimate of drug-likeness (QED) is 0.667. The first kappa shape index (κ1) is 19.2. The molecule has 3 aromatic rings. The first-order valence-electron chi connectivity index (χ1n) is 8.17. The van der Waals surface area contributed by atoms with E-state index in [0.717, 1.165) is 6.20 Å². The molecule has 9 heteroatoms. The molecule has 0 amide bonds. The number of nitrogens with one attached hydrogen (secondary N) is 2. The van der Waals surface area contributed by atoms with Gasteiger partial charge >= 0.3 is 0 Å². The van der Waals surface area contributed by atoms with Crippen molar-refractivity contribution >= 4 is 21.1 Å². The van der Waals surface area contributed by atoms with E-state index in [0.29, 0.717) is 16.6 Å². The molecule has 27 heavy (non-hydrogen) atoms. The molecule has 142 valence electrons. The molecule has 0 spiro atoms. The zero-order valence-corrected chi connectivity index (χ0v) is 15.6. The minimum absolute atomic E-state index is 0.0336. The van der Waals surface area contributed by atoms with Gasteiger partial charge in [-0.2, -0.15) is 0 Å². The molecule has 7 nitrogen and oxygen atoms in total. The first-order valence-corrected chi connectivity index (χ1v) is 9.65. The summed E-state index contributed by atoms with van der Waals surface area (Å²) in [6.07, 6.45) is 1.10. The number of sulfonamides is 1. The van der Waals surface area contributed by atoms with Crippen LogP contribution < -0.4 is 10.3 Å². The normalized spacial score (nSPS) is 13.2. The number of benzene rings is 2. The Hall–Kier alpha value is -2.62. The second-order valence-corrected chi connectivity index (χ2v) is 8.08. The summed E-state index contributed by atoms with van der Waals surface area (Å²) in [5.74, 6) is -0.378. The van der Waals surface area contributed by atoms with Crippen molar-refractivity contribution < 1.29 is 12.8 Å². The second-order valence-electron chi connectivity index (χ2n) is 6.31. The number of nitrogens with zero attached hydrogens (tertiary/aromatic N) is 2. The van der Waals surface area contributed by atoms with Crippen molar-refractivity contribution in [1.82, 2.24) is 19.6 Å². The Morgan fingerprint density at radius 2 is 2.00 bits per heavy atom. The Balaban J connectivity index is 1.84. The van der Waals surface area contributed by atoms with Crippen LogP contribution in [0, 0.1) is 5.82 Å². The summed E-state index contributed by atoms with van der Waals surface area (Å²) in [5, 5.41) is 0. The maximum Gasteiger partial charge on any atom is 0.266 e. The number of halogens is 1. The van der Waals surface area contributed by atoms with Gasteiger partial charge in [0, 0.05) is 12.6 Å². The molecule has 3 rings (SSSR count). The average molecular weight is 390 g/mol. The van der Waals surface area contributed by atoms with Gasteiger partial charge in [0.05, 0.1) is 22.1 Å². The van der Waals surface area contributed by atoms with E-state index in [4.69, 9.17) is 0 Å². The predicted molar refractivity (Wildman–Crippen MR) is 100 cm³/mol. The van der Waals surface area contributed by atoms with Gasteiger partial charge in [-0.25, -0.2) is 22.5 Å². The van der Waals surface area contributed by atoms with Crippen molar-refractivity contribution in [2.24, 2.45) is 0 Å². The molecular formula is C18H19FN4O3S. The Kier molecular flexibility index (Phi) is 5.36. The topological polar surface area (TPSA) is 95.2 Å². The molecule has 0 bridgehead atoms. The van der Waals surface area contributed by atoms with Crippen molar-refractivity contribution in [1.29, 1.82) is 0 Å². The highest BCUT2D eigenvalue weighted by Gasteiger charge is 2.20. The van der Waals surface area contributed by atoms with E-state index in [-0.39, 0.29) is 28.9 Å². The largest absolute Gasteiger partial charge is 0.319 e. The van der Waals surface area contributed by atoms with Crippen LogP contribution in [-0.4, -0.2) is 43.9 Å². The van der Waals surface area contributed by atoms with Crippen molar-refractivity contribution in [3.63, 3.8) is 0 Å². The number of rotatable bonds is 6. The van der Waals surface area contributed by atoms with Gasteiger partial charge in [0.25, 0.3) is 5.56 Å². The first-order chi connectivity index (χ1) is 12.8. The number of aromatic nitrogens is 2. The van der Waals surface area contributed by atoms with Crippen LogP contribution in [0.25, 0.3) is 11.0 Å². The minimum Gasteiger partial charge on any atom is -0.319 e. The smallest absolute Gasteiger partial charge is 0.266 e. The van der Waals surface area contributed by atoms with Crippen molar-refractivity contribution in [2.45, 2.75) is 10.9 Å². The molecule has 0 saturated carbocycles. The molecule has 1 heterocycles. The number of fused-ring (bicyclic) bond motifs is 1. The molecular weight excluding hydrogens is 371 g/mol. The summed E-state index contributed by atoms with van der Waals surface area (Å²) < 4.78 is 41.4. The van der Waals surface area contributed by atoms with E-state index < -0.39 is 10.0 Å². The van der Waals surface area contributed by atoms with Crippen LogP contribution in [0.15, 0.2) is 58.4 Å².